The van der Waals surface area contributed by atoms with E-state index < -0.39 is 0 Å². The fourth-order valence-corrected chi connectivity index (χ4v) is 2.57. The van der Waals surface area contributed by atoms with E-state index in [9.17, 15) is 4.79 Å². The second kappa shape index (κ2) is 7.57. The molecule has 5 heteroatoms. The first-order valence-electron chi connectivity index (χ1n) is 8.20. The minimum absolute atomic E-state index is 0.274. The first-order chi connectivity index (χ1) is 12.2. The van der Waals surface area contributed by atoms with E-state index in [0.29, 0.717) is 5.82 Å². The molecular weight excluding hydrogens is 312 g/mol. The smallest absolute Gasteiger partial charge is 0.275 e. The molecule has 0 aliphatic heterocycles. The van der Waals surface area contributed by atoms with Gasteiger partial charge in [0.15, 0.2) is 5.82 Å². The molecular formula is C20H20N4O. The van der Waals surface area contributed by atoms with Gasteiger partial charge in [-0.05, 0) is 43.7 Å². The summed E-state index contributed by atoms with van der Waals surface area (Å²) in [5, 5.41) is 2.80. The van der Waals surface area contributed by atoms with Crippen LogP contribution in [0.4, 0.5) is 17.2 Å². The third-order valence-corrected chi connectivity index (χ3v) is 3.81. The van der Waals surface area contributed by atoms with Crippen LogP contribution in [0.2, 0.25) is 0 Å². The predicted molar refractivity (Wildman–Crippen MR) is 100 cm³/mol. The maximum Gasteiger partial charge on any atom is 0.275 e. The van der Waals surface area contributed by atoms with Crippen LogP contribution in [0.3, 0.4) is 0 Å². The lowest BCUT2D eigenvalue weighted by Gasteiger charge is -2.22. The summed E-state index contributed by atoms with van der Waals surface area (Å²) in [7, 11) is 0. The van der Waals surface area contributed by atoms with E-state index in [1.165, 1.54) is 11.8 Å². The van der Waals surface area contributed by atoms with E-state index in [0.717, 1.165) is 17.9 Å². The number of carbonyl (C=O) groups excluding carboxylic acids is 1. The molecule has 0 unspecified atom stereocenters. The molecule has 0 fully saturated rings. The number of carbonyl (C=O) groups is 1. The zero-order chi connectivity index (χ0) is 17.6. The van der Waals surface area contributed by atoms with Crippen molar-refractivity contribution in [3.8, 4) is 0 Å². The Kier molecular flexibility index (Phi) is 5.04. The highest BCUT2D eigenvalue weighted by atomic mass is 16.1. The van der Waals surface area contributed by atoms with Crippen molar-refractivity contribution in [2.45, 2.75) is 13.8 Å². The molecule has 1 amide bonds. The van der Waals surface area contributed by atoms with Crippen LogP contribution in [0.15, 0.2) is 67.0 Å². The quantitative estimate of drug-likeness (QED) is 0.761. The number of nitrogens with one attached hydrogen (secondary N) is 1. The third-order valence-electron chi connectivity index (χ3n) is 3.81. The molecule has 0 bridgehead atoms. The zero-order valence-corrected chi connectivity index (χ0v) is 14.3. The largest absolute Gasteiger partial charge is 0.325 e. The Balaban J connectivity index is 1.78. The second-order valence-electron chi connectivity index (χ2n) is 5.66. The van der Waals surface area contributed by atoms with Gasteiger partial charge in [0.05, 0.1) is 12.4 Å². The normalized spacial score (nSPS) is 10.3. The summed E-state index contributed by atoms with van der Waals surface area (Å²) in [4.78, 5) is 23.0. The number of hydrogen-bond acceptors (Lipinski definition) is 4. The summed E-state index contributed by atoms with van der Waals surface area (Å²) >= 11 is 0. The average molecular weight is 332 g/mol. The van der Waals surface area contributed by atoms with E-state index >= 15 is 0 Å². The van der Waals surface area contributed by atoms with E-state index in [1.807, 2.05) is 42.5 Å². The second-order valence-corrected chi connectivity index (χ2v) is 5.66. The molecule has 0 saturated heterocycles. The van der Waals surface area contributed by atoms with Gasteiger partial charge in [0.2, 0.25) is 0 Å². The minimum atomic E-state index is -0.274. The Bertz CT molecular complexity index is 847. The number of para-hydroxylation sites is 1. The molecule has 0 radical (unpaired) electrons. The fourth-order valence-electron chi connectivity index (χ4n) is 2.57. The van der Waals surface area contributed by atoms with Crippen molar-refractivity contribution in [3.05, 3.63) is 78.2 Å². The number of aromatic nitrogens is 2. The summed E-state index contributed by atoms with van der Waals surface area (Å²) in [5.41, 5.74) is 3.25. The molecule has 2 aromatic carbocycles. The Hall–Kier alpha value is -3.21. The SMILES string of the molecule is CCN(c1cccc(C)c1)c1cnc(C(=O)Nc2ccccc2)cn1. The zero-order valence-electron chi connectivity index (χ0n) is 14.3. The summed E-state index contributed by atoms with van der Waals surface area (Å²) in [6.07, 6.45) is 3.14. The van der Waals surface area contributed by atoms with Gasteiger partial charge >= 0.3 is 0 Å². The molecule has 3 rings (SSSR count). The van der Waals surface area contributed by atoms with Crippen molar-refractivity contribution in [2.75, 3.05) is 16.8 Å². The van der Waals surface area contributed by atoms with E-state index in [4.69, 9.17) is 0 Å². The van der Waals surface area contributed by atoms with Gasteiger partial charge in [-0.3, -0.25) is 4.79 Å². The number of nitrogens with zero attached hydrogens (tertiary/aromatic N) is 3. The minimum Gasteiger partial charge on any atom is -0.325 e. The van der Waals surface area contributed by atoms with Crippen LogP contribution in [0.1, 0.15) is 23.0 Å². The standard InChI is InChI=1S/C20H20N4O/c1-3-24(17-11-7-8-15(2)12-17)19-14-21-18(13-22-19)20(25)23-16-9-5-4-6-10-16/h4-14H,3H2,1-2H3,(H,23,25). The van der Waals surface area contributed by atoms with Crippen molar-refractivity contribution in [2.24, 2.45) is 0 Å². The first-order valence-corrected chi connectivity index (χ1v) is 8.20. The van der Waals surface area contributed by atoms with Gasteiger partial charge in [-0.15, -0.1) is 0 Å². The Morgan fingerprint density at radius 2 is 1.84 bits per heavy atom. The Labute approximate surface area is 147 Å². The van der Waals surface area contributed by atoms with Crippen molar-refractivity contribution in [3.63, 3.8) is 0 Å². The number of hydrogen-bond donors (Lipinski definition) is 1. The van der Waals surface area contributed by atoms with Gasteiger partial charge < -0.3 is 10.2 Å². The first kappa shape index (κ1) is 16.6. The molecule has 126 valence electrons. The lowest BCUT2D eigenvalue weighted by Crippen LogP contribution is -2.19. The van der Waals surface area contributed by atoms with Crippen molar-refractivity contribution in [1.82, 2.24) is 9.97 Å². The molecule has 5 nitrogen and oxygen atoms in total. The van der Waals surface area contributed by atoms with Gasteiger partial charge in [0.25, 0.3) is 5.91 Å². The lowest BCUT2D eigenvalue weighted by molar-refractivity contribution is 0.102. The number of amides is 1. The summed E-state index contributed by atoms with van der Waals surface area (Å²) < 4.78 is 0. The van der Waals surface area contributed by atoms with Gasteiger partial charge in [-0.1, -0.05) is 30.3 Å². The predicted octanol–water partition coefficient (Wildman–Crippen LogP) is 4.20. The van der Waals surface area contributed by atoms with Gasteiger partial charge in [0, 0.05) is 17.9 Å². The number of rotatable bonds is 5. The lowest BCUT2D eigenvalue weighted by atomic mass is 10.2. The van der Waals surface area contributed by atoms with Gasteiger partial charge in [-0.2, -0.15) is 0 Å². The highest BCUT2D eigenvalue weighted by molar-refractivity contribution is 6.02. The van der Waals surface area contributed by atoms with E-state index in [1.54, 1.807) is 6.20 Å². The van der Waals surface area contributed by atoms with Crippen LogP contribution < -0.4 is 10.2 Å². The molecule has 1 heterocycles. The van der Waals surface area contributed by atoms with Crippen LogP contribution in [0, 0.1) is 6.92 Å². The molecule has 1 N–H and O–H groups in total. The highest BCUT2D eigenvalue weighted by Gasteiger charge is 2.12. The summed E-state index contributed by atoms with van der Waals surface area (Å²) in [6, 6.07) is 17.5. The Morgan fingerprint density at radius 1 is 1.04 bits per heavy atom. The third kappa shape index (κ3) is 4.01. The summed E-state index contributed by atoms with van der Waals surface area (Å²) in [6.45, 7) is 4.87. The Morgan fingerprint density at radius 3 is 2.48 bits per heavy atom. The number of anilines is 3. The molecule has 0 saturated carbocycles. The molecule has 3 aromatic rings. The van der Waals surface area contributed by atoms with Crippen LogP contribution in [0.25, 0.3) is 0 Å². The summed E-state index contributed by atoms with van der Waals surface area (Å²) in [5.74, 6) is 0.438. The van der Waals surface area contributed by atoms with Crippen molar-refractivity contribution in [1.29, 1.82) is 0 Å². The number of aryl methyl sites for hydroxylation is 1. The molecule has 0 spiro atoms. The molecule has 0 atom stereocenters. The van der Waals surface area contributed by atoms with Gasteiger partial charge in [-0.25, -0.2) is 9.97 Å². The van der Waals surface area contributed by atoms with Crippen LogP contribution in [-0.4, -0.2) is 22.4 Å². The number of benzene rings is 2. The van der Waals surface area contributed by atoms with Gasteiger partial charge in [0.1, 0.15) is 5.69 Å². The van der Waals surface area contributed by atoms with Crippen LogP contribution >= 0.6 is 0 Å². The molecule has 1 aromatic heterocycles. The maximum atomic E-state index is 12.3. The van der Waals surface area contributed by atoms with E-state index in [-0.39, 0.29) is 11.6 Å². The fraction of sp³-hybridized carbons (Fsp3) is 0.150. The van der Waals surface area contributed by atoms with Crippen LogP contribution in [-0.2, 0) is 0 Å². The average Bonchev–Trinajstić information content (AvgIpc) is 2.64. The molecule has 25 heavy (non-hydrogen) atoms. The monoisotopic (exact) mass is 332 g/mol. The van der Waals surface area contributed by atoms with Crippen molar-refractivity contribution >= 4 is 23.1 Å². The topological polar surface area (TPSA) is 58.1 Å². The van der Waals surface area contributed by atoms with Crippen molar-refractivity contribution < 1.29 is 4.79 Å². The van der Waals surface area contributed by atoms with Crippen LogP contribution in [0.5, 0.6) is 0 Å². The maximum absolute atomic E-state index is 12.3. The van der Waals surface area contributed by atoms with E-state index in [2.05, 4.69) is 46.2 Å². The molecule has 0 aliphatic carbocycles. The highest BCUT2D eigenvalue weighted by Crippen LogP contribution is 2.23. The molecule has 0 aliphatic rings.